The molecule has 9 aromatic carbocycles. The van der Waals surface area contributed by atoms with Crippen molar-refractivity contribution in [3.05, 3.63) is 244 Å². The summed E-state index contributed by atoms with van der Waals surface area (Å²) in [7, 11) is 0. The highest BCUT2D eigenvalue weighted by atomic mass is 15.3. The van der Waals surface area contributed by atoms with Gasteiger partial charge in [-0.2, -0.15) is 0 Å². The zero-order valence-electron chi connectivity index (χ0n) is 54.6. The maximum atomic E-state index is 2.81. The molecule has 0 fully saturated rings. The second-order valence-electron chi connectivity index (χ2n) is 31.7. The fourth-order valence-corrected chi connectivity index (χ4v) is 17.3. The van der Waals surface area contributed by atoms with E-state index in [1.54, 1.807) is 0 Å². The summed E-state index contributed by atoms with van der Waals surface area (Å²) in [6, 6.07) is 75.1. The van der Waals surface area contributed by atoms with Crippen LogP contribution in [0, 0.1) is 0 Å². The van der Waals surface area contributed by atoms with Gasteiger partial charge in [-0.25, -0.2) is 0 Å². The first kappa shape index (κ1) is 55.8. The third-order valence-electron chi connectivity index (χ3n) is 22.7. The minimum Gasteiger partial charge on any atom is -0.330 e. The SMILES string of the molecule is CC(C)(C)c1ccc(N2c3ccc(N4c5ccccc5C5(C)CCc6ccccc6C45C)cc3B3c4ccc(C(C)(C)C)cc4N(c4cccc(C(C)(C)C)c4)c4cc(N5c6ccc(C(C)(C)C)cc6C6(C)CCc7ccccc7C56C)cc2c43)cc1. The summed E-state index contributed by atoms with van der Waals surface area (Å²) in [6.07, 6.45) is 4.24. The maximum absolute atomic E-state index is 2.81. The van der Waals surface area contributed by atoms with Gasteiger partial charge in [0.25, 0.3) is 6.71 Å². The molecule has 6 aliphatic rings. The molecule has 0 radical (unpaired) electrons. The number of benzene rings is 9. The van der Waals surface area contributed by atoms with E-state index in [0.717, 1.165) is 31.4 Å². The highest BCUT2D eigenvalue weighted by molar-refractivity contribution is 7.00. The van der Waals surface area contributed by atoms with Crippen LogP contribution in [-0.4, -0.2) is 6.71 Å². The molecule has 5 heteroatoms. The molecule has 4 unspecified atom stereocenters. The Bertz CT molecular complexity index is 4330. The van der Waals surface area contributed by atoms with E-state index < -0.39 is 5.54 Å². The molecule has 4 nitrogen and oxygen atoms in total. The number of hydrogen-bond donors (Lipinski definition) is 0. The topological polar surface area (TPSA) is 13.0 Å². The summed E-state index contributed by atoms with van der Waals surface area (Å²) < 4.78 is 0. The lowest BCUT2D eigenvalue weighted by Gasteiger charge is -2.52. The van der Waals surface area contributed by atoms with Gasteiger partial charge in [0.2, 0.25) is 0 Å². The fraction of sp³-hybridized carbons (Fsp3) is 0.341. The maximum Gasteiger partial charge on any atom is 0.252 e. The van der Waals surface area contributed by atoms with Gasteiger partial charge in [-0.15, -0.1) is 0 Å². The average molecular weight is 1140 g/mol. The highest BCUT2D eigenvalue weighted by Gasteiger charge is 2.62. The van der Waals surface area contributed by atoms with Gasteiger partial charge >= 0.3 is 0 Å². The summed E-state index contributed by atoms with van der Waals surface area (Å²) in [5, 5.41) is 0. The van der Waals surface area contributed by atoms with Gasteiger partial charge in [-0.05, 0) is 206 Å². The lowest BCUT2D eigenvalue weighted by atomic mass is 9.33. The number of fused-ring (bicyclic) bond motifs is 14. The summed E-state index contributed by atoms with van der Waals surface area (Å²) in [6.45, 7) is 38.5. The Hall–Kier alpha value is -7.76. The number of rotatable bonds is 4. The summed E-state index contributed by atoms with van der Waals surface area (Å²) in [5.41, 5.74) is 29.0. The Morgan fingerprint density at radius 1 is 0.322 bits per heavy atom. The molecular formula is C82H87BN4. The van der Waals surface area contributed by atoms with Crippen molar-refractivity contribution in [1.29, 1.82) is 0 Å². The normalized spacial score (nSPS) is 22.4. The summed E-state index contributed by atoms with van der Waals surface area (Å²) in [5.74, 6) is 0. The number of para-hydroxylation sites is 1. The quantitative estimate of drug-likeness (QED) is 0.163. The van der Waals surface area contributed by atoms with Gasteiger partial charge in [-0.1, -0.05) is 212 Å². The minimum absolute atomic E-state index is 0.0130. The van der Waals surface area contributed by atoms with E-state index in [-0.39, 0.29) is 44.7 Å². The first-order chi connectivity index (χ1) is 41.2. The van der Waals surface area contributed by atoms with Crippen LogP contribution in [-0.2, 0) is 56.4 Å². The van der Waals surface area contributed by atoms with Crippen molar-refractivity contribution in [3.63, 3.8) is 0 Å². The Morgan fingerprint density at radius 3 is 1.40 bits per heavy atom. The van der Waals surface area contributed by atoms with Crippen LogP contribution >= 0.6 is 0 Å². The van der Waals surface area contributed by atoms with Crippen molar-refractivity contribution in [2.75, 3.05) is 19.6 Å². The van der Waals surface area contributed by atoms with Crippen LogP contribution in [0.1, 0.15) is 179 Å². The standard InChI is InChI=1S/C82H87BN4/c1-75(2,3)54-32-36-58(37-33-54)84-70-41-38-60(86-68-31-22-21-30-64(68)79(13)44-42-52-24-17-19-28-62(52)81(79,86)15)49-67(70)83-66-39-34-57(78(10,11)12)48-71(66)85(59-27-23-26-55(46-59)76(4,5)6)73-51-61(50-72(84)74(73)83)87-69-40-35-56(77(7,8)9)47-65(69)80(14)45-43-53-25-18-20-29-63(53)82(80,87)16/h17-41,46-51H,42-45H2,1-16H3. The van der Waals surface area contributed by atoms with Crippen LogP contribution in [0.15, 0.2) is 188 Å². The van der Waals surface area contributed by atoms with Crippen molar-refractivity contribution in [1.82, 2.24) is 0 Å². The van der Waals surface area contributed by atoms with E-state index in [1.807, 2.05) is 0 Å². The van der Waals surface area contributed by atoms with Crippen LogP contribution in [0.3, 0.4) is 0 Å². The molecule has 2 aliphatic carbocycles. The molecule has 0 saturated heterocycles. The predicted octanol–water partition coefficient (Wildman–Crippen LogP) is 19.5. The Balaban J connectivity index is 1.07. The molecule has 4 atom stereocenters. The lowest BCUT2D eigenvalue weighted by Crippen LogP contribution is -2.62. The molecule has 0 spiro atoms. The van der Waals surface area contributed by atoms with E-state index in [4.69, 9.17) is 0 Å². The Morgan fingerprint density at radius 2 is 0.793 bits per heavy atom. The summed E-state index contributed by atoms with van der Waals surface area (Å²) >= 11 is 0. The molecule has 4 heterocycles. The first-order valence-corrected chi connectivity index (χ1v) is 32.5. The average Bonchev–Trinajstić information content (AvgIpc) is 1.63. The predicted molar refractivity (Wildman–Crippen MR) is 371 cm³/mol. The monoisotopic (exact) mass is 1140 g/mol. The zero-order chi connectivity index (χ0) is 60.9. The van der Waals surface area contributed by atoms with Crippen molar-refractivity contribution in [2.24, 2.45) is 0 Å². The fourth-order valence-electron chi connectivity index (χ4n) is 17.3. The zero-order valence-corrected chi connectivity index (χ0v) is 54.6. The smallest absolute Gasteiger partial charge is 0.252 e. The van der Waals surface area contributed by atoms with Crippen LogP contribution in [0.25, 0.3) is 0 Å². The van der Waals surface area contributed by atoms with Crippen molar-refractivity contribution >= 4 is 80.0 Å². The molecular weight excluding hydrogens is 1050 g/mol. The van der Waals surface area contributed by atoms with Crippen LogP contribution < -0.4 is 36.0 Å². The number of hydrogen-bond acceptors (Lipinski definition) is 4. The molecule has 87 heavy (non-hydrogen) atoms. The number of aryl methyl sites for hydroxylation is 2. The van der Waals surface area contributed by atoms with Crippen LogP contribution in [0.5, 0.6) is 0 Å². The van der Waals surface area contributed by atoms with Gasteiger partial charge < -0.3 is 19.6 Å². The van der Waals surface area contributed by atoms with Gasteiger partial charge in [-0.3, -0.25) is 0 Å². The van der Waals surface area contributed by atoms with Crippen molar-refractivity contribution in [2.45, 2.75) is 180 Å². The Kier molecular flexibility index (Phi) is 11.8. The molecule has 9 aromatic rings. The van der Waals surface area contributed by atoms with E-state index in [2.05, 4.69) is 318 Å². The highest BCUT2D eigenvalue weighted by Crippen LogP contribution is 2.66. The third kappa shape index (κ3) is 7.75. The molecule has 0 bridgehead atoms. The lowest BCUT2D eigenvalue weighted by molar-refractivity contribution is 0.245. The molecule has 0 saturated carbocycles. The van der Waals surface area contributed by atoms with Gasteiger partial charge in [0.05, 0.1) is 11.1 Å². The van der Waals surface area contributed by atoms with Crippen molar-refractivity contribution < 1.29 is 0 Å². The van der Waals surface area contributed by atoms with E-state index >= 15 is 0 Å². The van der Waals surface area contributed by atoms with Gasteiger partial charge in [0.1, 0.15) is 0 Å². The second kappa shape index (κ2) is 18.4. The van der Waals surface area contributed by atoms with Crippen LogP contribution in [0.4, 0.5) is 56.9 Å². The summed E-state index contributed by atoms with van der Waals surface area (Å²) in [4.78, 5) is 10.9. The first-order valence-electron chi connectivity index (χ1n) is 32.5. The number of anilines is 10. The second-order valence-corrected chi connectivity index (χ2v) is 31.7. The van der Waals surface area contributed by atoms with Gasteiger partial charge in [0.15, 0.2) is 0 Å². The Labute approximate surface area is 520 Å². The third-order valence-corrected chi connectivity index (χ3v) is 22.7. The molecule has 0 aromatic heterocycles. The minimum atomic E-state index is -0.432. The van der Waals surface area contributed by atoms with E-state index in [1.165, 1.54) is 123 Å². The molecule has 4 aliphatic heterocycles. The van der Waals surface area contributed by atoms with Gasteiger partial charge in [0, 0.05) is 67.7 Å². The molecule has 0 N–H and O–H groups in total. The van der Waals surface area contributed by atoms with Crippen molar-refractivity contribution in [3.8, 4) is 0 Å². The van der Waals surface area contributed by atoms with Crippen LogP contribution in [0.2, 0.25) is 0 Å². The molecule has 438 valence electrons. The largest absolute Gasteiger partial charge is 0.330 e. The number of nitrogens with zero attached hydrogens (tertiary/aromatic N) is 4. The van der Waals surface area contributed by atoms with E-state index in [9.17, 15) is 0 Å². The molecule has 0 amide bonds. The van der Waals surface area contributed by atoms with E-state index in [0.29, 0.717) is 0 Å². The molecule has 15 rings (SSSR count).